The molecule has 0 amide bonds. The van der Waals surface area contributed by atoms with Crippen molar-refractivity contribution in [2.45, 2.75) is 46.0 Å². The lowest BCUT2D eigenvalue weighted by Crippen LogP contribution is -2.10. The molecule has 0 saturated carbocycles. The zero-order valence-corrected chi connectivity index (χ0v) is 9.84. The maximum Gasteiger partial charge on any atom is 0.0353 e. The highest BCUT2D eigenvalue weighted by Crippen LogP contribution is 2.26. The summed E-state index contributed by atoms with van der Waals surface area (Å²) in [5, 5.41) is 0. The van der Waals surface area contributed by atoms with Gasteiger partial charge in [0.05, 0.1) is 0 Å². The van der Waals surface area contributed by atoms with Crippen molar-refractivity contribution < 1.29 is 0 Å². The first-order chi connectivity index (χ1) is 6.79. The van der Waals surface area contributed by atoms with Gasteiger partial charge in [0.1, 0.15) is 0 Å². The lowest BCUT2D eigenvalue weighted by Gasteiger charge is -2.12. The Hall–Kier alpha value is -0.720. The topological polar surface area (TPSA) is 3.24 Å². The van der Waals surface area contributed by atoms with Crippen LogP contribution in [0, 0.1) is 0 Å². The summed E-state index contributed by atoms with van der Waals surface area (Å²) >= 11 is 0. The largest absolute Gasteiger partial charge is 0.374 e. The smallest absolute Gasteiger partial charge is 0.0353 e. The fourth-order valence-corrected chi connectivity index (χ4v) is 1.99. The van der Waals surface area contributed by atoms with Crippen molar-refractivity contribution in [3.8, 4) is 0 Å². The van der Waals surface area contributed by atoms with Crippen molar-refractivity contribution in [1.82, 2.24) is 4.90 Å². The summed E-state index contributed by atoms with van der Waals surface area (Å²) in [6.07, 6.45) is 11.2. The van der Waals surface area contributed by atoms with E-state index in [4.69, 9.17) is 0 Å². The minimum atomic E-state index is 1.19. The normalized spacial score (nSPS) is 22.6. The molecule has 0 bridgehead atoms. The van der Waals surface area contributed by atoms with Crippen LogP contribution in [0.3, 0.4) is 0 Å². The molecule has 80 valence electrons. The highest BCUT2D eigenvalue weighted by molar-refractivity contribution is 5.33. The highest BCUT2D eigenvalue weighted by Gasteiger charge is 2.16. The van der Waals surface area contributed by atoms with Crippen LogP contribution in [0.1, 0.15) is 46.0 Å². The summed E-state index contributed by atoms with van der Waals surface area (Å²) in [6.45, 7) is 5.60. The molecule has 0 aromatic carbocycles. The Bertz CT molecular complexity index is 225. The van der Waals surface area contributed by atoms with Gasteiger partial charge in [-0.3, -0.25) is 0 Å². The monoisotopic (exact) mass is 193 g/mol. The summed E-state index contributed by atoms with van der Waals surface area (Å²) in [7, 11) is 2.20. The highest BCUT2D eigenvalue weighted by atomic mass is 15.1. The molecule has 1 fully saturated rings. The number of nitrogens with zero attached hydrogens (tertiary/aromatic N) is 1. The molecule has 14 heavy (non-hydrogen) atoms. The molecular weight excluding hydrogens is 170 g/mol. The van der Waals surface area contributed by atoms with Crippen molar-refractivity contribution >= 4 is 0 Å². The molecular formula is C13H23N. The van der Waals surface area contributed by atoms with Crippen LogP contribution in [-0.2, 0) is 0 Å². The number of unbranched alkanes of at least 4 members (excludes halogenated alkanes) is 3. The first-order valence-corrected chi connectivity index (χ1v) is 5.86. The molecule has 1 heterocycles. The van der Waals surface area contributed by atoms with E-state index in [1.807, 2.05) is 0 Å². The molecule has 1 rings (SSSR count). The quantitative estimate of drug-likeness (QED) is 0.615. The van der Waals surface area contributed by atoms with Gasteiger partial charge in [-0.2, -0.15) is 0 Å². The zero-order chi connectivity index (χ0) is 10.4. The van der Waals surface area contributed by atoms with Gasteiger partial charge in [-0.15, -0.1) is 0 Å². The zero-order valence-electron chi connectivity index (χ0n) is 9.84. The second-order valence-electron chi connectivity index (χ2n) is 4.07. The van der Waals surface area contributed by atoms with Crippen LogP contribution in [0.5, 0.6) is 0 Å². The lowest BCUT2D eigenvalue weighted by molar-refractivity contribution is 0.479. The van der Waals surface area contributed by atoms with Crippen LogP contribution in [0.25, 0.3) is 0 Å². The van der Waals surface area contributed by atoms with Gasteiger partial charge in [0.15, 0.2) is 0 Å². The van der Waals surface area contributed by atoms with Crippen LogP contribution in [0.15, 0.2) is 23.4 Å². The average molecular weight is 193 g/mol. The summed E-state index contributed by atoms with van der Waals surface area (Å²) in [5.41, 5.74) is 3.01. The van der Waals surface area contributed by atoms with Crippen LogP contribution >= 0.6 is 0 Å². The van der Waals surface area contributed by atoms with Gasteiger partial charge < -0.3 is 4.90 Å². The third-order valence-electron chi connectivity index (χ3n) is 2.95. The minimum Gasteiger partial charge on any atom is -0.374 e. The molecule has 0 unspecified atom stereocenters. The van der Waals surface area contributed by atoms with Crippen molar-refractivity contribution in [1.29, 1.82) is 0 Å². The van der Waals surface area contributed by atoms with Gasteiger partial charge >= 0.3 is 0 Å². The molecule has 1 saturated heterocycles. The van der Waals surface area contributed by atoms with Crippen molar-refractivity contribution in [3.05, 3.63) is 23.4 Å². The molecule has 0 N–H and O–H groups in total. The van der Waals surface area contributed by atoms with E-state index in [9.17, 15) is 0 Å². The second kappa shape index (κ2) is 5.90. The summed E-state index contributed by atoms with van der Waals surface area (Å²) in [5.74, 6) is 0. The number of allylic oxidation sites excluding steroid dienone is 3. The number of hydrogen-bond acceptors (Lipinski definition) is 1. The van der Waals surface area contributed by atoms with Crippen molar-refractivity contribution in [2.24, 2.45) is 0 Å². The Morgan fingerprint density at radius 1 is 1.36 bits per heavy atom. The maximum atomic E-state index is 2.41. The van der Waals surface area contributed by atoms with Crippen LogP contribution in [0.2, 0.25) is 0 Å². The van der Waals surface area contributed by atoms with Gasteiger partial charge in [0.2, 0.25) is 0 Å². The molecule has 0 spiro atoms. The van der Waals surface area contributed by atoms with Gasteiger partial charge in [0.25, 0.3) is 0 Å². The van der Waals surface area contributed by atoms with E-state index in [-0.39, 0.29) is 0 Å². The minimum absolute atomic E-state index is 1.19. The van der Waals surface area contributed by atoms with Crippen LogP contribution in [-0.4, -0.2) is 18.5 Å². The molecule has 1 aliphatic rings. The third kappa shape index (κ3) is 2.90. The molecule has 0 atom stereocenters. The molecule has 0 aromatic heterocycles. The third-order valence-corrected chi connectivity index (χ3v) is 2.95. The van der Waals surface area contributed by atoms with E-state index in [2.05, 4.69) is 37.9 Å². The number of likely N-dealkylation sites (tertiary alicyclic amines) is 1. The molecule has 0 aromatic rings. The van der Waals surface area contributed by atoms with Gasteiger partial charge in [-0.05, 0) is 31.8 Å². The van der Waals surface area contributed by atoms with Gasteiger partial charge in [0, 0.05) is 19.3 Å². The van der Waals surface area contributed by atoms with Crippen LogP contribution < -0.4 is 0 Å². The number of rotatable bonds is 4. The number of hydrogen-bond donors (Lipinski definition) is 0. The summed E-state index contributed by atoms with van der Waals surface area (Å²) in [6, 6.07) is 0. The molecule has 1 heteroatoms. The van der Waals surface area contributed by atoms with E-state index in [1.54, 1.807) is 0 Å². The van der Waals surface area contributed by atoms with E-state index < -0.39 is 0 Å². The Morgan fingerprint density at radius 3 is 2.79 bits per heavy atom. The Morgan fingerprint density at radius 2 is 2.14 bits per heavy atom. The standard InChI is InChI=1S/C13H23N/c1-4-6-7-8-9-13-12(5-2)10-11-14(13)3/h5,9H,4,6-8,10-11H2,1-3H3/b12-5-,13-9+. The van der Waals surface area contributed by atoms with Gasteiger partial charge in [-0.1, -0.05) is 31.9 Å². The average Bonchev–Trinajstić information content (AvgIpc) is 2.55. The number of likely N-dealkylation sites (N-methyl/N-ethyl adjacent to an activating group) is 1. The SMILES string of the molecule is C/C=C1/CCN(C)/C1=C/CCCCC. The first-order valence-electron chi connectivity index (χ1n) is 5.86. The predicted molar refractivity (Wildman–Crippen MR) is 63.2 cm³/mol. The Balaban J connectivity index is 2.47. The van der Waals surface area contributed by atoms with Crippen molar-refractivity contribution in [3.63, 3.8) is 0 Å². The second-order valence-corrected chi connectivity index (χ2v) is 4.07. The fraction of sp³-hybridized carbons (Fsp3) is 0.692. The first kappa shape index (κ1) is 11.4. The Kier molecular flexibility index (Phi) is 4.78. The van der Waals surface area contributed by atoms with E-state index >= 15 is 0 Å². The summed E-state index contributed by atoms with van der Waals surface area (Å²) < 4.78 is 0. The maximum absolute atomic E-state index is 2.41. The van der Waals surface area contributed by atoms with E-state index in [1.165, 1.54) is 49.9 Å². The fourth-order valence-electron chi connectivity index (χ4n) is 1.99. The lowest BCUT2D eigenvalue weighted by atomic mass is 10.1. The van der Waals surface area contributed by atoms with E-state index in [0.29, 0.717) is 0 Å². The Labute approximate surface area is 88.5 Å². The molecule has 0 aliphatic carbocycles. The van der Waals surface area contributed by atoms with Crippen molar-refractivity contribution in [2.75, 3.05) is 13.6 Å². The molecule has 1 aliphatic heterocycles. The molecule has 0 radical (unpaired) electrons. The van der Waals surface area contributed by atoms with Crippen LogP contribution in [0.4, 0.5) is 0 Å². The summed E-state index contributed by atoms with van der Waals surface area (Å²) in [4.78, 5) is 2.38. The van der Waals surface area contributed by atoms with Gasteiger partial charge in [-0.25, -0.2) is 0 Å². The van der Waals surface area contributed by atoms with E-state index in [0.717, 1.165) is 0 Å². The molecule has 1 nitrogen and oxygen atoms in total. The predicted octanol–water partition coefficient (Wildman–Crippen LogP) is 3.73.